The largest absolute Gasteiger partial charge is 0.490 e. The normalized spacial score (nSPS) is 18.1. The third-order valence-corrected chi connectivity index (χ3v) is 4.93. The maximum Gasteiger partial charge on any atom is 0.294 e. The molecule has 2 aliphatic rings. The highest BCUT2D eigenvalue weighted by atomic mass is 32.2. The number of furan rings is 1. The third kappa shape index (κ3) is 3.06. The predicted molar refractivity (Wildman–Crippen MR) is 98.6 cm³/mol. The van der Waals surface area contributed by atoms with Crippen LogP contribution in [-0.2, 0) is 4.79 Å². The van der Waals surface area contributed by atoms with E-state index in [1.807, 2.05) is 12.1 Å². The summed E-state index contributed by atoms with van der Waals surface area (Å²) in [6, 6.07) is 8.75. The molecule has 0 radical (unpaired) electrons. The van der Waals surface area contributed by atoms with Crippen LogP contribution >= 0.6 is 24.0 Å². The number of ether oxygens (including phenoxy) is 1. The number of nitrogens with zero attached hydrogens (tertiary/aromatic N) is 1. The molecule has 2 aromatic rings. The van der Waals surface area contributed by atoms with Crippen LogP contribution in [0.4, 0.5) is 5.69 Å². The Morgan fingerprint density at radius 1 is 1.36 bits per heavy atom. The van der Waals surface area contributed by atoms with Crippen molar-refractivity contribution in [3.63, 3.8) is 0 Å². The van der Waals surface area contributed by atoms with Crippen LogP contribution in [0.5, 0.6) is 5.75 Å². The molecule has 3 heterocycles. The smallest absolute Gasteiger partial charge is 0.294 e. The quantitative estimate of drug-likeness (QED) is 0.646. The number of carbonyl (C=O) groups excluding carboxylic acids is 2. The second-order valence-electron chi connectivity index (χ2n) is 5.36. The summed E-state index contributed by atoms with van der Waals surface area (Å²) in [7, 11) is 0. The molecule has 0 saturated carbocycles. The van der Waals surface area contributed by atoms with Gasteiger partial charge in [-0.3, -0.25) is 14.5 Å². The summed E-state index contributed by atoms with van der Waals surface area (Å²) in [6.45, 7) is 0.832. The summed E-state index contributed by atoms with van der Waals surface area (Å²) >= 11 is 6.21. The molecule has 0 bridgehead atoms. The van der Waals surface area contributed by atoms with E-state index in [1.54, 1.807) is 29.2 Å². The maximum absolute atomic E-state index is 12.7. The number of nitrogens with one attached hydrogen (secondary N) is 1. The van der Waals surface area contributed by atoms with Gasteiger partial charge in [-0.05, 0) is 35.9 Å². The van der Waals surface area contributed by atoms with E-state index in [-0.39, 0.29) is 17.6 Å². The summed E-state index contributed by atoms with van der Waals surface area (Å²) in [5, 5.41) is 2.58. The van der Waals surface area contributed by atoms with E-state index >= 15 is 0 Å². The minimum absolute atomic E-state index is 0.215. The molecule has 2 amide bonds. The predicted octanol–water partition coefficient (Wildman–Crippen LogP) is 2.81. The second kappa shape index (κ2) is 6.38. The van der Waals surface area contributed by atoms with Crippen molar-refractivity contribution >= 4 is 51.9 Å². The van der Waals surface area contributed by atoms with Crippen LogP contribution < -0.4 is 15.0 Å². The molecule has 0 spiro atoms. The fourth-order valence-electron chi connectivity index (χ4n) is 2.64. The number of carbonyl (C=O) groups is 2. The number of benzene rings is 1. The molecule has 0 atom stereocenters. The number of hydrogen-bond acceptors (Lipinski definition) is 6. The summed E-state index contributed by atoms with van der Waals surface area (Å²) in [4.78, 5) is 26.6. The fraction of sp³-hybridized carbons (Fsp3) is 0.118. The molecule has 2 aliphatic heterocycles. The van der Waals surface area contributed by atoms with Crippen LogP contribution in [-0.4, -0.2) is 29.3 Å². The standard InChI is InChI=1S/C17H12N2O4S2/c20-15-14(25-17(24)18-15)9-10-3-4-12-11(8-10)19(5-7-23-12)16(21)13-2-1-6-22-13/h1-4,6,8-9H,5,7H2,(H,18,20,24). The maximum atomic E-state index is 12.7. The Morgan fingerprint density at radius 3 is 2.96 bits per heavy atom. The van der Waals surface area contributed by atoms with Gasteiger partial charge in [-0.1, -0.05) is 30.0 Å². The second-order valence-corrected chi connectivity index (χ2v) is 7.08. The van der Waals surface area contributed by atoms with Gasteiger partial charge in [0.25, 0.3) is 11.8 Å². The van der Waals surface area contributed by atoms with Crippen molar-refractivity contribution < 1.29 is 18.7 Å². The third-order valence-electron chi connectivity index (χ3n) is 3.76. The van der Waals surface area contributed by atoms with Gasteiger partial charge < -0.3 is 14.5 Å². The Labute approximate surface area is 152 Å². The molecule has 126 valence electrons. The first-order chi connectivity index (χ1) is 12.1. The van der Waals surface area contributed by atoms with Crippen molar-refractivity contribution in [1.29, 1.82) is 0 Å². The fourth-order valence-corrected chi connectivity index (χ4v) is 3.69. The topological polar surface area (TPSA) is 71.8 Å². The highest BCUT2D eigenvalue weighted by Crippen LogP contribution is 2.35. The number of hydrogen-bond donors (Lipinski definition) is 1. The first kappa shape index (κ1) is 15.9. The van der Waals surface area contributed by atoms with Gasteiger partial charge in [0.05, 0.1) is 23.4 Å². The molecule has 1 aromatic carbocycles. The molecule has 8 heteroatoms. The van der Waals surface area contributed by atoms with E-state index in [1.165, 1.54) is 18.0 Å². The van der Waals surface area contributed by atoms with Crippen molar-refractivity contribution in [3.8, 4) is 5.75 Å². The lowest BCUT2D eigenvalue weighted by Crippen LogP contribution is -2.37. The first-order valence-corrected chi connectivity index (χ1v) is 8.71. The van der Waals surface area contributed by atoms with Gasteiger partial charge in [0.1, 0.15) is 16.7 Å². The SMILES string of the molecule is O=C1NC(=S)SC1=Cc1ccc2c(c1)N(C(=O)c1ccco1)CCO2. The Hall–Kier alpha value is -2.58. The number of thioether (sulfide) groups is 1. The lowest BCUT2D eigenvalue weighted by molar-refractivity contribution is -0.115. The van der Waals surface area contributed by atoms with Gasteiger partial charge in [0.2, 0.25) is 0 Å². The average Bonchev–Trinajstić information content (AvgIpc) is 3.24. The van der Waals surface area contributed by atoms with E-state index in [0.29, 0.717) is 33.8 Å². The lowest BCUT2D eigenvalue weighted by atomic mass is 10.1. The summed E-state index contributed by atoms with van der Waals surface area (Å²) < 4.78 is 11.3. The van der Waals surface area contributed by atoms with Crippen LogP contribution in [0.15, 0.2) is 45.9 Å². The van der Waals surface area contributed by atoms with Crippen LogP contribution in [0.2, 0.25) is 0 Å². The molecular weight excluding hydrogens is 360 g/mol. The molecule has 1 aromatic heterocycles. The monoisotopic (exact) mass is 372 g/mol. The summed E-state index contributed by atoms with van der Waals surface area (Å²) in [5.74, 6) is 0.445. The zero-order valence-electron chi connectivity index (χ0n) is 12.9. The summed E-state index contributed by atoms with van der Waals surface area (Å²) in [5.41, 5.74) is 1.43. The van der Waals surface area contributed by atoms with Gasteiger partial charge >= 0.3 is 0 Å². The van der Waals surface area contributed by atoms with Crippen LogP contribution in [0.25, 0.3) is 6.08 Å². The highest BCUT2D eigenvalue weighted by Gasteiger charge is 2.27. The highest BCUT2D eigenvalue weighted by molar-refractivity contribution is 8.26. The minimum atomic E-state index is -0.228. The number of rotatable bonds is 2. The number of thiocarbonyl (C=S) groups is 1. The van der Waals surface area contributed by atoms with Crippen molar-refractivity contribution in [3.05, 3.63) is 52.8 Å². The van der Waals surface area contributed by atoms with E-state index in [2.05, 4.69) is 5.32 Å². The van der Waals surface area contributed by atoms with Crippen LogP contribution in [0.3, 0.4) is 0 Å². The zero-order valence-corrected chi connectivity index (χ0v) is 14.5. The Kier molecular flexibility index (Phi) is 4.06. The average molecular weight is 372 g/mol. The zero-order chi connectivity index (χ0) is 17.4. The van der Waals surface area contributed by atoms with E-state index in [4.69, 9.17) is 21.4 Å². The number of anilines is 1. The molecule has 1 fully saturated rings. The molecule has 0 aliphatic carbocycles. The first-order valence-electron chi connectivity index (χ1n) is 7.49. The van der Waals surface area contributed by atoms with E-state index in [0.717, 1.165) is 5.56 Å². The lowest BCUT2D eigenvalue weighted by Gasteiger charge is -2.29. The van der Waals surface area contributed by atoms with Gasteiger partial charge in [-0.2, -0.15) is 0 Å². The molecule has 1 N–H and O–H groups in total. The molecule has 4 rings (SSSR count). The Morgan fingerprint density at radius 2 is 2.24 bits per heavy atom. The Balaban J connectivity index is 1.69. The molecule has 6 nitrogen and oxygen atoms in total. The van der Waals surface area contributed by atoms with Crippen molar-refractivity contribution in [2.75, 3.05) is 18.1 Å². The van der Waals surface area contributed by atoms with Gasteiger partial charge in [-0.15, -0.1) is 0 Å². The molecule has 25 heavy (non-hydrogen) atoms. The van der Waals surface area contributed by atoms with Gasteiger partial charge in [0, 0.05) is 0 Å². The summed E-state index contributed by atoms with van der Waals surface area (Å²) in [6.07, 6.45) is 3.21. The number of amides is 2. The Bertz CT molecular complexity index is 905. The molecule has 1 saturated heterocycles. The van der Waals surface area contributed by atoms with E-state index < -0.39 is 0 Å². The van der Waals surface area contributed by atoms with Crippen molar-refractivity contribution in [2.24, 2.45) is 0 Å². The van der Waals surface area contributed by atoms with Crippen molar-refractivity contribution in [2.45, 2.75) is 0 Å². The van der Waals surface area contributed by atoms with Crippen LogP contribution in [0, 0.1) is 0 Å². The van der Waals surface area contributed by atoms with Gasteiger partial charge in [-0.25, -0.2) is 0 Å². The van der Waals surface area contributed by atoms with E-state index in [9.17, 15) is 9.59 Å². The number of fused-ring (bicyclic) bond motifs is 1. The molecule has 0 unspecified atom stereocenters. The molecular formula is C17H12N2O4S2. The van der Waals surface area contributed by atoms with Gasteiger partial charge in [0.15, 0.2) is 5.76 Å². The van der Waals surface area contributed by atoms with Crippen molar-refractivity contribution in [1.82, 2.24) is 5.32 Å². The minimum Gasteiger partial charge on any atom is -0.490 e. The van der Waals surface area contributed by atoms with Crippen LogP contribution in [0.1, 0.15) is 16.1 Å².